The monoisotopic (exact) mass is 201 g/mol. The molecule has 0 aliphatic rings. The highest BCUT2D eigenvalue weighted by Gasteiger charge is 2.07. The lowest BCUT2D eigenvalue weighted by Gasteiger charge is -1.96. The van der Waals surface area contributed by atoms with Crippen molar-refractivity contribution in [3.8, 4) is 0 Å². The minimum absolute atomic E-state index is 0.234. The Morgan fingerprint density at radius 3 is 3.00 bits per heavy atom. The van der Waals surface area contributed by atoms with Crippen LogP contribution < -0.4 is 5.73 Å². The molecule has 1 aromatic rings. The van der Waals surface area contributed by atoms with Gasteiger partial charge in [-0.3, -0.25) is 9.48 Å². The summed E-state index contributed by atoms with van der Waals surface area (Å²) in [7, 11) is 3.13. The van der Waals surface area contributed by atoms with Crippen LogP contribution in [0.1, 0.15) is 0 Å². The van der Waals surface area contributed by atoms with Crippen molar-refractivity contribution in [3.63, 3.8) is 0 Å². The second-order valence-electron chi connectivity index (χ2n) is 2.43. The molecular weight excluding hydrogens is 190 g/mol. The zero-order valence-corrected chi connectivity index (χ0v) is 8.30. The van der Waals surface area contributed by atoms with Crippen LogP contribution in [0.4, 0.5) is 5.69 Å². The Kier molecular flexibility index (Phi) is 3.18. The Hall–Kier alpha value is -1.17. The van der Waals surface area contributed by atoms with Gasteiger partial charge in [0.15, 0.2) is 0 Å². The van der Waals surface area contributed by atoms with Crippen molar-refractivity contribution in [1.82, 2.24) is 9.78 Å². The predicted molar refractivity (Wildman–Crippen MR) is 50.4 cm³/mol. The Morgan fingerprint density at radius 1 is 1.85 bits per heavy atom. The summed E-state index contributed by atoms with van der Waals surface area (Å²) in [4.78, 5) is 10.8. The molecule has 0 spiro atoms. The van der Waals surface area contributed by atoms with E-state index >= 15 is 0 Å². The average molecular weight is 201 g/mol. The highest BCUT2D eigenvalue weighted by atomic mass is 32.2. The molecule has 0 bridgehead atoms. The maximum absolute atomic E-state index is 10.8. The van der Waals surface area contributed by atoms with Crippen LogP contribution in [-0.2, 0) is 16.6 Å². The maximum atomic E-state index is 10.8. The topological polar surface area (TPSA) is 70.1 Å². The number of nitrogen functional groups attached to an aromatic ring is 1. The first-order valence-corrected chi connectivity index (χ1v) is 4.60. The number of thioether (sulfide) groups is 1. The number of aromatic nitrogens is 2. The molecule has 2 N–H and O–H groups in total. The lowest BCUT2D eigenvalue weighted by Crippen LogP contribution is -2.03. The lowest BCUT2D eigenvalue weighted by atomic mass is 10.6. The van der Waals surface area contributed by atoms with Gasteiger partial charge in [-0.2, -0.15) is 5.10 Å². The average Bonchev–Trinajstić information content (AvgIpc) is 2.41. The number of ether oxygens (including phenoxy) is 1. The molecule has 0 saturated heterocycles. The van der Waals surface area contributed by atoms with Crippen molar-refractivity contribution in [2.45, 2.75) is 5.03 Å². The number of nitrogens with two attached hydrogens (primary N) is 1. The van der Waals surface area contributed by atoms with Gasteiger partial charge in [-0.25, -0.2) is 0 Å². The van der Waals surface area contributed by atoms with Gasteiger partial charge >= 0.3 is 5.97 Å². The fraction of sp³-hybridized carbons (Fsp3) is 0.429. The van der Waals surface area contributed by atoms with Crippen molar-refractivity contribution < 1.29 is 9.53 Å². The normalized spacial score (nSPS) is 10.0. The first-order valence-electron chi connectivity index (χ1n) is 3.62. The van der Waals surface area contributed by atoms with E-state index in [0.717, 1.165) is 0 Å². The van der Waals surface area contributed by atoms with Crippen LogP contribution in [0.15, 0.2) is 11.2 Å². The Labute approximate surface area is 80.2 Å². The number of anilines is 1. The van der Waals surface area contributed by atoms with Crippen molar-refractivity contribution in [3.05, 3.63) is 6.20 Å². The Morgan fingerprint density at radius 2 is 2.54 bits per heavy atom. The molecular formula is C7H11N3O2S. The summed E-state index contributed by atoms with van der Waals surface area (Å²) in [6.45, 7) is 0. The number of hydrogen-bond acceptors (Lipinski definition) is 5. The third-order valence-electron chi connectivity index (χ3n) is 1.38. The largest absolute Gasteiger partial charge is 0.468 e. The van der Waals surface area contributed by atoms with Crippen molar-refractivity contribution in [2.24, 2.45) is 7.05 Å². The second kappa shape index (κ2) is 4.18. The van der Waals surface area contributed by atoms with E-state index in [2.05, 4.69) is 9.84 Å². The molecule has 0 atom stereocenters. The van der Waals surface area contributed by atoms with E-state index in [9.17, 15) is 4.79 Å². The zero-order valence-electron chi connectivity index (χ0n) is 7.48. The second-order valence-corrected chi connectivity index (χ2v) is 3.39. The molecule has 1 heterocycles. The van der Waals surface area contributed by atoms with Gasteiger partial charge in [0.25, 0.3) is 0 Å². The van der Waals surface area contributed by atoms with Gasteiger partial charge < -0.3 is 10.5 Å². The van der Waals surface area contributed by atoms with Crippen LogP contribution in [-0.4, -0.2) is 28.6 Å². The quantitative estimate of drug-likeness (QED) is 0.561. The molecule has 13 heavy (non-hydrogen) atoms. The number of aryl methyl sites for hydroxylation is 1. The molecule has 0 radical (unpaired) electrons. The van der Waals surface area contributed by atoms with Gasteiger partial charge in [-0.15, -0.1) is 0 Å². The standard InChI is InChI=1S/C7H11N3O2S/c1-10-3-5(8)7(9-10)13-4-6(11)12-2/h3H,4,8H2,1-2H3. The molecule has 1 rings (SSSR count). The Bertz CT molecular complexity index is 311. The molecule has 0 fully saturated rings. The van der Waals surface area contributed by atoms with E-state index in [4.69, 9.17) is 5.73 Å². The summed E-state index contributed by atoms with van der Waals surface area (Å²) >= 11 is 1.27. The van der Waals surface area contributed by atoms with Crippen molar-refractivity contribution in [2.75, 3.05) is 18.6 Å². The SMILES string of the molecule is COC(=O)CSc1nn(C)cc1N. The van der Waals surface area contributed by atoms with E-state index < -0.39 is 0 Å². The van der Waals surface area contributed by atoms with Crippen LogP contribution in [0.3, 0.4) is 0 Å². The summed E-state index contributed by atoms with van der Waals surface area (Å²) in [5, 5.41) is 4.72. The Balaban J connectivity index is 2.54. The van der Waals surface area contributed by atoms with E-state index in [1.54, 1.807) is 17.9 Å². The number of carbonyl (C=O) groups is 1. The van der Waals surface area contributed by atoms with Crippen molar-refractivity contribution in [1.29, 1.82) is 0 Å². The molecule has 1 aromatic heterocycles. The molecule has 72 valence electrons. The summed E-state index contributed by atoms with van der Waals surface area (Å²) in [6.07, 6.45) is 1.69. The molecule has 0 aromatic carbocycles. The number of carbonyl (C=O) groups excluding carboxylic acids is 1. The fourth-order valence-corrected chi connectivity index (χ4v) is 1.56. The first kappa shape index (κ1) is 9.91. The van der Waals surface area contributed by atoms with E-state index in [1.807, 2.05) is 0 Å². The summed E-state index contributed by atoms with van der Waals surface area (Å²) in [6, 6.07) is 0. The number of nitrogens with zero attached hydrogens (tertiary/aromatic N) is 2. The van der Waals surface area contributed by atoms with Gasteiger partial charge in [0, 0.05) is 13.2 Å². The fourth-order valence-electron chi connectivity index (χ4n) is 0.785. The van der Waals surface area contributed by atoms with Crippen LogP contribution in [0, 0.1) is 0 Å². The van der Waals surface area contributed by atoms with Crippen LogP contribution in [0.25, 0.3) is 0 Å². The summed E-state index contributed by atoms with van der Waals surface area (Å²) < 4.78 is 6.09. The number of esters is 1. The van der Waals surface area contributed by atoms with E-state index in [1.165, 1.54) is 18.9 Å². The van der Waals surface area contributed by atoms with Crippen molar-refractivity contribution >= 4 is 23.4 Å². The van der Waals surface area contributed by atoms with Gasteiger partial charge in [-0.1, -0.05) is 11.8 Å². The zero-order chi connectivity index (χ0) is 9.84. The van der Waals surface area contributed by atoms with Crippen LogP contribution in [0.5, 0.6) is 0 Å². The summed E-state index contributed by atoms with van der Waals surface area (Å²) in [5.74, 6) is -0.0485. The minimum Gasteiger partial charge on any atom is -0.468 e. The molecule has 0 unspecified atom stereocenters. The van der Waals surface area contributed by atoms with E-state index in [0.29, 0.717) is 10.7 Å². The smallest absolute Gasteiger partial charge is 0.316 e. The molecule has 0 amide bonds. The lowest BCUT2D eigenvalue weighted by molar-refractivity contribution is -0.137. The highest BCUT2D eigenvalue weighted by molar-refractivity contribution is 8.00. The predicted octanol–water partition coefficient (Wildman–Crippen LogP) is 0.267. The first-order chi connectivity index (χ1) is 6.13. The minimum atomic E-state index is -0.282. The third kappa shape index (κ3) is 2.66. The maximum Gasteiger partial charge on any atom is 0.316 e. The molecule has 5 nitrogen and oxygen atoms in total. The van der Waals surface area contributed by atoms with Crippen LogP contribution in [0.2, 0.25) is 0 Å². The molecule has 6 heteroatoms. The third-order valence-corrected chi connectivity index (χ3v) is 2.35. The van der Waals surface area contributed by atoms with E-state index in [-0.39, 0.29) is 11.7 Å². The molecule has 0 saturated carbocycles. The number of methoxy groups -OCH3 is 1. The molecule has 0 aliphatic heterocycles. The number of hydrogen-bond donors (Lipinski definition) is 1. The van der Waals surface area contributed by atoms with Gasteiger partial charge in [0.05, 0.1) is 18.6 Å². The van der Waals surface area contributed by atoms with Gasteiger partial charge in [-0.05, 0) is 0 Å². The van der Waals surface area contributed by atoms with Gasteiger partial charge in [0.1, 0.15) is 5.03 Å². The highest BCUT2D eigenvalue weighted by Crippen LogP contribution is 2.22. The summed E-state index contributed by atoms with van der Waals surface area (Å²) in [5.41, 5.74) is 6.19. The van der Waals surface area contributed by atoms with Crippen LogP contribution >= 0.6 is 11.8 Å². The molecule has 0 aliphatic carbocycles. The number of rotatable bonds is 3. The van der Waals surface area contributed by atoms with Gasteiger partial charge in [0.2, 0.25) is 0 Å².